The summed E-state index contributed by atoms with van der Waals surface area (Å²) in [6.45, 7) is 4.13. The Kier molecular flexibility index (Phi) is 6.95. The fraction of sp³-hybridized carbons (Fsp3) is 0.308. The van der Waals surface area contributed by atoms with Crippen LogP contribution in [0.5, 0.6) is 0 Å². The molecule has 160 valence electrons. The van der Waals surface area contributed by atoms with Crippen LogP contribution in [0, 0.1) is 0 Å². The van der Waals surface area contributed by atoms with E-state index in [9.17, 15) is 9.59 Å². The quantitative estimate of drug-likeness (QED) is 0.705. The molecule has 0 spiro atoms. The Balaban J connectivity index is 1.21. The molecular weight excluding hydrogens is 386 g/mol. The van der Waals surface area contributed by atoms with Crippen molar-refractivity contribution >= 4 is 24.0 Å². The molecular formula is C26H29N3O2. The molecule has 1 aliphatic carbocycles. The molecule has 0 unspecified atom stereocenters. The predicted octanol–water partition coefficient (Wildman–Crippen LogP) is 3.45. The Hall–Kier alpha value is -3.18. The third kappa shape index (κ3) is 6.40. The van der Waals surface area contributed by atoms with E-state index in [1.807, 2.05) is 53.4 Å². The second-order valence-electron chi connectivity index (χ2n) is 8.14. The zero-order chi connectivity index (χ0) is 21.5. The number of hydrogen-bond donors (Lipinski definition) is 1. The number of carbonyl (C=O) groups is 2. The van der Waals surface area contributed by atoms with Crippen LogP contribution in [0.1, 0.15) is 34.3 Å². The van der Waals surface area contributed by atoms with E-state index < -0.39 is 0 Å². The largest absolute Gasteiger partial charge is 0.349 e. The third-order valence-electron chi connectivity index (χ3n) is 5.66. The smallest absolute Gasteiger partial charge is 0.251 e. The molecule has 1 saturated carbocycles. The van der Waals surface area contributed by atoms with Gasteiger partial charge in [-0.05, 0) is 42.2 Å². The SMILES string of the molecule is O=C(NC1CC1)c1ccc(C=CC(=O)N2CCN(CC=Cc3ccccc3)CC2)cc1. The maximum absolute atomic E-state index is 12.5. The molecule has 0 atom stereocenters. The maximum atomic E-state index is 12.5. The predicted molar refractivity (Wildman–Crippen MR) is 124 cm³/mol. The first kappa shape index (κ1) is 21.1. The normalized spacial score (nSPS) is 17.4. The monoisotopic (exact) mass is 415 g/mol. The Labute approximate surface area is 184 Å². The summed E-state index contributed by atoms with van der Waals surface area (Å²) < 4.78 is 0. The van der Waals surface area contributed by atoms with Crippen LogP contribution in [0.15, 0.2) is 66.7 Å². The first-order chi connectivity index (χ1) is 15.2. The van der Waals surface area contributed by atoms with Crippen LogP contribution in [0.4, 0.5) is 0 Å². The molecule has 0 aromatic heterocycles. The summed E-state index contributed by atoms with van der Waals surface area (Å²) >= 11 is 0. The van der Waals surface area contributed by atoms with Gasteiger partial charge < -0.3 is 10.2 Å². The van der Waals surface area contributed by atoms with Gasteiger partial charge in [-0.15, -0.1) is 0 Å². The minimum atomic E-state index is -0.0226. The zero-order valence-electron chi connectivity index (χ0n) is 17.7. The summed E-state index contributed by atoms with van der Waals surface area (Å²) in [5.41, 5.74) is 2.78. The van der Waals surface area contributed by atoms with Gasteiger partial charge in [0.15, 0.2) is 0 Å². The molecule has 2 fully saturated rings. The van der Waals surface area contributed by atoms with Gasteiger partial charge in [0.25, 0.3) is 5.91 Å². The molecule has 1 aliphatic heterocycles. The number of carbonyl (C=O) groups excluding carboxylic acids is 2. The van der Waals surface area contributed by atoms with Crippen molar-refractivity contribution in [1.29, 1.82) is 0 Å². The topological polar surface area (TPSA) is 52.7 Å². The minimum Gasteiger partial charge on any atom is -0.349 e. The van der Waals surface area contributed by atoms with Crippen LogP contribution in [-0.2, 0) is 4.79 Å². The van der Waals surface area contributed by atoms with Crippen molar-refractivity contribution < 1.29 is 9.59 Å². The van der Waals surface area contributed by atoms with E-state index in [2.05, 4.69) is 34.5 Å². The van der Waals surface area contributed by atoms with Gasteiger partial charge in [0, 0.05) is 50.4 Å². The highest BCUT2D eigenvalue weighted by Crippen LogP contribution is 2.19. The molecule has 31 heavy (non-hydrogen) atoms. The third-order valence-corrected chi connectivity index (χ3v) is 5.66. The highest BCUT2D eigenvalue weighted by molar-refractivity contribution is 5.95. The molecule has 4 rings (SSSR count). The van der Waals surface area contributed by atoms with Crippen LogP contribution < -0.4 is 5.32 Å². The number of amides is 2. The van der Waals surface area contributed by atoms with Gasteiger partial charge in [0.1, 0.15) is 0 Å². The lowest BCUT2D eigenvalue weighted by Gasteiger charge is -2.33. The van der Waals surface area contributed by atoms with E-state index in [1.54, 1.807) is 6.08 Å². The van der Waals surface area contributed by atoms with Gasteiger partial charge >= 0.3 is 0 Å². The Morgan fingerprint density at radius 1 is 0.871 bits per heavy atom. The molecule has 2 aliphatic rings. The first-order valence-electron chi connectivity index (χ1n) is 11.0. The lowest BCUT2D eigenvalue weighted by atomic mass is 10.1. The summed E-state index contributed by atoms with van der Waals surface area (Å²) in [6.07, 6.45) is 9.92. The van der Waals surface area contributed by atoms with E-state index in [4.69, 9.17) is 0 Å². The summed E-state index contributed by atoms with van der Waals surface area (Å²) in [6, 6.07) is 18.0. The van der Waals surface area contributed by atoms with Gasteiger partial charge in [-0.25, -0.2) is 0 Å². The van der Waals surface area contributed by atoms with Gasteiger partial charge in [-0.2, -0.15) is 0 Å². The van der Waals surface area contributed by atoms with E-state index in [0.717, 1.165) is 51.1 Å². The summed E-state index contributed by atoms with van der Waals surface area (Å²) in [5.74, 6) is 0.0145. The lowest BCUT2D eigenvalue weighted by molar-refractivity contribution is -0.127. The van der Waals surface area contributed by atoms with E-state index in [1.165, 1.54) is 5.56 Å². The summed E-state index contributed by atoms with van der Waals surface area (Å²) in [4.78, 5) is 28.8. The highest BCUT2D eigenvalue weighted by Gasteiger charge is 2.23. The van der Waals surface area contributed by atoms with E-state index in [-0.39, 0.29) is 11.8 Å². The van der Waals surface area contributed by atoms with Crippen molar-refractivity contribution in [2.75, 3.05) is 32.7 Å². The standard InChI is InChI=1S/C26H29N3O2/c30-25(15-10-22-8-11-23(12-9-22)26(31)27-24-13-14-24)29-19-17-28(18-20-29)16-4-7-21-5-2-1-3-6-21/h1-12,15,24H,13-14,16-20H2,(H,27,31). The number of rotatable bonds is 7. The van der Waals surface area contributed by atoms with Gasteiger partial charge in [-0.1, -0.05) is 54.6 Å². The van der Waals surface area contributed by atoms with Crippen molar-refractivity contribution in [3.8, 4) is 0 Å². The van der Waals surface area contributed by atoms with Gasteiger partial charge in [0.05, 0.1) is 0 Å². The second-order valence-corrected chi connectivity index (χ2v) is 8.14. The van der Waals surface area contributed by atoms with Crippen molar-refractivity contribution in [1.82, 2.24) is 15.1 Å². The Bertz CT molecular complexity index is 938. The van der Waals surface area contributed by atoms with E-state index >= 15 is 0 Å². The zero-order valence-corrected chi connectivity index (χ0v) is 17.7. The van der Waals surface area contributed by atoms with Crippen molar-refractivity contribution in [3.05, 3.63) is 83.4 Å². The fourth-order valence-electron chi connectivity index (χ4n) is 3.57. The maximum Gasteiger partial charge on any atom is 0.251 e. The number of hydrogen-bond acceptors (Lipinski definition) is 3. The molecule has 1 heterocycles. The number of nitrogens with one attached hydrogen (secondary N) is 1. The first-order valence-corrected chi connectivity index (χ1v) is 11.0. The van der Waals surface area contributed by atoms with Crippen molar-refractivity contribution in [3.63, 3.8) is 0 Å². The lowest BCUT2D eigenvalue weighted by Crippen LogP contribution is -2.48. The van der Waals surface area contributed by atoms with Crippen LogP contribution >= 0.6 is 0 Å². The van der Waals surface area contributed by atoms with Crippen LogP contribution in [0.2, 0.25) is 0 Å². The molecule has 0 radical (unpaired) electrons. The summed E-state index contributed by atoms with van der Waals surface area (Å²) in [5, 5.41) is 2.98. The molecule has 5 heteroatoms. The van der Waals surface area contributed by atoms with Crippen molar-refractivity contribution in [2.24, 2.45) is 0 Å². The molecule has 2 aromatic rings. The van der Waals surface area contributed by atoms with Crippen LogP contribution in [0.3, 0.4) is 0 Å². The van der Waals surface area contributed by atoms with Crippen molar-refractivity contribution in [2.45, 2.75) is 18.9 Å². The highest BCUT2D eigenvalue weighted by atomic mass is 16.2. The second kappa shape index (κ2) is 10.2. The molecule has 5 nitrogen and oxygen atoms in total. The number of benzene rings is 2. The Morgan fingerprint density at radius 2 is 1.55 bits per heavy atom. The van der Waals surface area contributed by atoms with Crippen LogP contribution in [0.25, 0.3) is 12.2 Å². The molecule has 2 amide bonds. The number of piperazine rings is 1. The fourth-order valence-corrected chi connectivity index (χ4v) is 3.57. The number of nitrogens with zero attached hydrogens (tertiary/aromatic N) is 2. The average Bonchev–Trinajstić information content (AvgIpc) is 3.63. The Morgan fingerprint density at radius 3 is 2.23 bits per heavy atom. The van der Waals surface area contributed by atoms with Gasteiger partial charge in [-0.3, -0.25) is 14.5 Å². The van der Waals surface area contributed by atoms with Gasteiger partial charge in [0.2, 0.25) is 5.91 Å². The minimum absolute atomic E-state index is 0.0226. The van der Waals surface area contributed by atoms with E-state index in [0.29, 0.717) is 11.6 Å². The average molecular weight is 416 g/mol. The van der Waals surface area contributed by atoms with Crippen LogP contribution in [-0.4, -0.2) is 60.4 Å². The molecule has 2 aromatic carbocycles. The molecule has 0 bridgehead atoms. The molecule has 1 N–H and O–H groups in total. The molecule has 1 saturated heterocycles. The summed E-state index contributed by atoms with van der Waals surface area (Å²) in [7, 11) is 0.